The number of para-hydroxylation sites is 1. The average molecular weight is 202 g/mol. The first-order valence-corrected chi connectivity index (χ1v) is 4.37. The van der Waals surface area contributed by atoms with E-state index in [1.165, 1.54) is 0 Å². The molecule has 1 atom stereocenters. The minimum absolute atomic E-state index is 0.167. The third-order valence-electron chi connectivity index (χ3n) is 1.54. The molecule has 72 valence electrons. The van der Waals surface area contributed by atoms with E-state index in [0.29, 0.717) is 10.8 Å². The van der Waals surface area contributed by atoms with E-state index < -0.39 is 6.10 Å². The molecule has 0 radical (unpaired) electrons. The Kier molecular flexibility index (Phi) is 4.02. The Balaban J connectivity index is 2.50. The van der Waals surface area contributed by atoms with E-state index in [0.717, 1.165) is 0 Å². The van der Waals surface area contributed by atoms with Crippen molar-refractivity contribution in [3.05, 3.63) is 29.3 Å². The second-order valence-electron chi connectivity index (χ2n) is 2.63. The molecule has 0 fully saturated rings. The summed E-state index contributed by atoms with van der Waals surface area (Å²) in [5, 5.41) is 9.65. The first-order chi connectivity index (χ1) is 6.24. The van der Waals surface area contributed by atoms with Gasteiger partial charge in [-0.2, -0.15) is 0 Å². The van der Waals surface area contributed by atoms with E-state index in [9.17, 15) is 0 Å². The number of hydrogen-bond donors (Lipinski definition) is 2. The number of benzene rings is 1. The van der Waals surface area contributed by atoms with Gasteiger partial charge in [-0.3, -0.25) is 0 Å². The zero-order chi connectivity index (χ0) is 9.68. The van der Waals surface area contributed by atoms with Gasteiger partial charge in [0.1, 0.15) is 18.5 Å². The molecule has 0 spiro atoms. The molecule has 0 aliphatic carbocycles. The molecule has 0 saturated carbocycles. The molecule has 1 rings (SSSR count). The second kappa shape index (κ2) is 5.07. The molecule has 0 aliphatic rings. The van der Waals surface area contributed by atoms with Crippen molar-refractivity contribution >= 4 is 11.6 Å². The van der Waals surface area contributed by atoms with E-state index in [1.807, 2.05) is 12.1 Å². The van der Waals surface area contributed by atoms with E-state index in [-0.39, 0.29) is 13.2 Å². The normalized spacial score (nSPS) is 12.5. The first-order valence-electron chi connectivity index (χ1n) is 3.99. The average Bonchev–Trinajstić information content (AvgIpc) is 2.16. The second-order valence-corrected chi connectivity index (χ2v) is 3.04. The third kappa shape index (κ3) is 3.22. The van der Waals surface area contributed by atoms with Crippen LogP contribution < -0.4 is 10.5 Å². The highest BCUT2D eigenvalue weighted by atomic mass is 35.5. The van der Waals surface area contributed by atoms with Gasteiger partial charge in [0, 0.05) is 6.54 Å². The molecule has 0 unspecified atom stereocenters. The lowest BCUT2D eigenvalue weighted by Crippen LogP contribution is -2.26. The molecule has 0 bridgehead atoms. The van der Waals surface area contributed by atoms with Crippen molar-refractivity contribution in [2.24, 2.45) is 5.73 Å². The van der Waals surface area contributed by atoms with Crippen molar-refractivity contribution in [1.29, 1.82) is 0 Å². The Morgan fingerprint density at radius 1 is 1.46 bits per heavy atom. The minimum atomic E-state index is -0.642. The number of aliphatic hydroxyl groups is 1. The zero-order valence-corrected chi connectivity index (χ0v) is 7.87. The molecule has 3 nitrogen and oxygen atoms in total. The Bertz CT molecular complexity index is 268. The van der Waals surface area contributed by atoms with Gasteiger partial charge in [0.15, 0.2) is 0 Å². The lowest BCUT2D eigenvalue weighted by atomic mass is 10.3. The van der Waals surface area contributed by atoms with Gasteiger partial charge in [0.25, 0.3) is 0 Å². The van der Waals surface area contributed by atoms with Crippen molar-refractivity contribution in [1.82, 2.24) is 0 Å². The zero-order valence-electron chi connectivity index (χ0n) is 7.11. The summed E-state index contributed by atoms with van der Waals surface area (Å²) >= 11 is 5.81. The number of nitrogens with two attached hydrogens (primary N) is 1. The number of rotatable bonds is 4. The molecule has 3 N–H and O–H groups in total. The van der Waals surface area contributed by atoms with E-state index >= 15 is 0 Å². The van der Waals surface area contributed by atoms with Crippen molar-refractivity contribution in [3.8, 4) is 5.75 Å². The number of aliphatic hydroxyl groups excluding tert-OH is 1. The van der Waals surface area contributed by atoms with Gasteiger partial charge in [0.2, 0.25) is 0 Å². The summed E-state index contributed by atoms with van der Waals surface area (Å²) in [5.74, 6) is 0.566. The Hall–Kier alpha value is -0.770. The van der Waals surface area contributed by atoms with Gasteiger partial charge in [-0.05, 0) is 12.1 Å². The summed E-state index contributed by atoms with van der Waals surface area (Å²) in [6, 6.07) is 7.10. The molecule has 4 heteroatoms. The summed E-state index contributed by atoms with van der Waals surface area (Å²) in [4.78, 5) is 0. The van der Waals surface area contributed by atoms with Gasteiger partial charge in [-0.15, -0.1) is 0 Å². The predicted octanol–water partition coefficient (Wildman–Crippen LogP) is 1.04. The lowest BCUT2D eigenvalue weighted by molar-refractivity contribution is 0.114. The summed E-state index contributed by atoms with van der Waals surface area (Å²) < 4.78 is 5.23. The first kappa shape index (κ1) is 10.3. The van der Waals surface area contributed by atoms with E-state index in [4.69, 9.17) is 27.2 Å². The van der Waals surface area contributed by atoms with Gasteiger partial charge in [0.05, 0.1) is 5.02 Å². The van der Waals surface area contributed by atoms with Crippen LogP contribution in [0.1, 0.15) is 0 Å². The van der Waals surface area contributed by atoms with Gasteiger partial charge in [-0.1, -0.05) is 23.7 Å². The third-order valence-corrected chi connectivity index (χ3v) is 1.85. The van der Waals surface area contributed by atoms with Crippen molar-refractivity contribution < 1.29 is 9.84 Å². The van der Waals surface area contributed by atoms with Crippen LogP contribution >= 0.6 is 11.6 Å². The highest BCUT2D eigenvalue weighted by Crippen LogP contribution is 2.22. The summed E-state index contributed by atoms with van der Waals surface area (Å²) in [6.45, 7) is 0.352. The van der Waals surface area contributed by atoms with Crippen molar-refractivity contribution in [2.75, 3.05) is 13.2 Å². The molecule has 1 aromatic carbocycles. The molecule has 0 heterocycles. The summed E-state index contributed by atoms with van der Waals surface area (Å²) in [6.07, 6.45) is -0.642. The fraction of sp³-hybridized carbons (Fsp3) is 0.333. The van der Waals surface area contributed by atoms with Crippen LogP contribution in [0.3, 0.4) is 0 Å². The fourth-order valence-electron chi connectivity index (χ4n) is 0.816. The van der Waals surface area contributed by atoms with Crippen molar-refractivity contribution in [3.63, 3.8) is 0 Å². The summed E-state index contributed by atoms with van der Waals surface area (Å²) in [5.41, 5.74) is 5.21. The van der Waals surface area contributed by atoms with Crippen LogP contribution in [0.15, 0.2) is 24.3 Å². The molecule has 1 aromatic rings. The smallest absolute Gasteiger partial charge is 0.138 e. The maximum atomic E-state index is 9.12. The monoisotopic (exact) mass is 201 g/mol. The Morgan fingerprint density at radius 3 is 2.77 bits per heavy atom. The number of halogens is 1. The number of ether oxygens (including phenoxy) is 1. The largest absolute Gasteiger partial charge is 0.489 e. The fourth-order valence-corrected chi connectivity index (χ4v) is 1.01. The topological polar surface area (TPSA) is 55.5 Å². The molecular weight excluding hydrogens is 190 g/mol. The predicted molar refractivity (Wildman–Crippen MR) is 52.0 cm³/mol. The molecule has 0 saturated heterocycles. The van der Waals surface area contributed by atoms with Crippen LogP contribution in [0, 0.1) is 0 Å². The maximum Gasteiger partial charge on any atom is 0.138 e. The van der Waals surface area contributed by atoms with Gasteiger partial charge in [-0.25, -0.2) is 0 Å². The minimum Gasteiger partial charge on any atom is -0.489 e. The van der Waals surface area contributed by atoms with Gasteiger partial charge >= 0.3 is 0 Å². The quantitative estimate of drug-likeness (QED) is 0.766. The highest BCUT2D eigenvalue weighted by molar-refractivity contribution is 6.32. The standard InChI is InChI=1S/C9H12ClNO2/c10-8-3-1-2-4-9(8)13-6-7(12)5-11/h1-4,7,12H,5-6,11H2/t7-/m1/s1. The molecule has 0 aromatic heterocycles. The van der Waals surface area contributed by atoms with Crippen LogP contribution in [-0.4, -0.2) is 24.4 Å². The van der Waals surface area contributed by atoms with E-state index in [2.05, 4.69) is 0 Å². The van der Waals surface area contributed by atoms with Crippen LogP contribution in [0.5, 0.6) is 5.75 Å². The molecular formula is C9H12ClNO2. The molecule has 13 heavy (non-hydrogen) atoms. The maximum absolute atomic E-state index is 9.12. The van der Waals surface area contributed by atoms with Crippen LogP contribution in [-0.2, 0) is 0 Å². The Labute approximate surface area is 82.1 Å². The van der Waals surface area contributed by atoms with Crippen molar-refractivity contribution in [2.45, 2.75) is 6.10 Å². The van der Waals surface area contributed by atoms with Gasteiger partial charge < -0.3 is 15.6 Å². The summed E-state index contributed by atoms with van der Waals surface area (Å²) in [7, 11) is 0. The molecule has 0 amide bonds. The van der Waals surface area contributed by atoms with Crippen LogP contribution in [0.25, 0.3) is 0 Å². The van der Waals surface area contributed by atoms with Crippen LogP contribution in [0.4, 0.5) is 0 Å². The SMILES string of the molecule is NC[C@@H](O)COc1ccccc1Cl. The lowest BCUT2D eigenvalue weighted by Gasteiger charge is -2.10. The highest BCUT2D eigenvalue weighted by Gasteiger charge is 2.04. The number of hydrogen-bond acceptors (Lipinski definition) is 3. The van der Waals surface area contributed by atoms with E-state index in [1.54, 1.807) is 12.1 Å². The van der Waals surface area contributed by atoms with Crippen LogP contribution in [0.2, 0.25) is 5.02 Å². The Morgan fingerprint density at radius 2 is 2.15 bits per heavy atom. The molecule has 0 aliphatic heterocycles.